The first kappa shape index (κ1) is 12.9. The quantitative estimate of drug-likeness (QED) is 0.712. The zero-order valence-corrected chi connectivity index (χ0v) is 11.9. The molecule has 0 aliphatic heterocycles. The third-order valence-electron chi connectivity index (χ3n) is 3.95. The molecule has 16 heavy (non-hydrogen) atoms. The van der Waals surface area contributed by atoms with Crippen molar-refractivity contribution in [3.8, 4) is 0 Å². The Labute approximate surface area is 98.7 Å². The van der Waals surface area contributed by atoms with Crippen LogP contribution in [0.4, 0.5) is 0 Å². The van der Waals surface area contributed by atoms with Crippen LogP contribution in [0.3, 0.4) is 0 Å². The SMILES string of the molecule is CP(=O)(O[PH](=O)C1CCCC1)C1CCCC1. The van der Waals surface area contributed by atoms with Crippen LogP contribution in [0, 0.1) is 0 Å². The Morgan fingerprint density at radius 1 is 1.06 bits per heavy atom. The van der Waals surface area contributed by atoms with E-state index in [0.717, 1.165) is 51.4 Å². The Hall–Kier alpha value is 0.420. The maximum Gasteiger partial charge on any atom is 0.208 e. The van der Waals surface area contributed by atoms with Gasteiger partial charge in [0, 0.05) is 18.0 Å². The van der Waals surface area contributed by atoms with Crippen molar-refractivity contribution in [2.24, 2.45) is 0 Å². The van der Waals surface area contributed by atoms with Gasteiger partial charge < -0.3 is 0 Å². The van der Waals surface area contributed by atoms with Gasteiger partial charge in [-0.1, -0.05) is 25.7 Å². The number of rotatable bonds is 4. The Bertz CT molecular complexity index is 304. The molecular formula is C11H22O3P2. The zero-order valence-electron chi connectivity index (χ0n) is 9.98. The molecule has 2 atom stereocenters. The van der Waals surface area contributed by atoms with E-state index in [1.165, 1.54) is 0 Å². The monoisotopic (exact) mass is 264 g/mol. The lowest BCUT2D eigenvalue weighted by molar-refractivity contribution is 0.457. The predicted molar refractivity (Wildman–Crippen MR) is 68.1 cm³/mol. The van der Waals surface area contributed by atoms with Crippen LogP contribution in [0.25, 0.3) is 0 Å². The second-order valence-corrected chi connectivity index (χ2v) is 9.97. The first-order valence-corrected chi connectivity index (χ1v) is 9.94. The van der Waals surface area contributed by atoms with Crippen molar-refractivity contribution in [3.05, 3.63) is 0 Å². The molecule has 2 aliphatic carbocycles. The lowest BCUT2D eigenvalue weighted by Gasteiger charge is -2.21. The molecule has 0 aromatic carbocycles. The maximum atomic E-state index is 12.4. The molecule has 0 N–H and O–H groups in total. The minimum Gasteiger partial charge on any atom is -0.296 e. The highest BCUT2D eigenvalue weighted by Crippen LogP contribution is 2.61. The summed E-state index contributed by atoms with van der Waals surface area (Å²) in [5.74, 6) is 0. The molecule has 2 rings (SSSR count). The van der Waals surface area contributed by atoms with Crippen LogP contribution in [0.2, 0.25) is 0 Å². The molecule has 3 nitrogen and oxygen atoms in total. The van der Waals surface area contributed by atoms with Crippen molar-refractivity contribution in [3.63, 3.8) is 0 Å². The molecule has 2 fully saturated rings. The molecule has 2 unspecified atom stereocenters. The molecule has 0 saturated heterocycles. The Morgan fingerprint density at radius 2 is 1.56 bits per heavy atom. The van der Waals surface area contributed by atoms with Crippen molar-refractivity contribution in [2.75, 3.05) is 6.66 Å². The van der Waals surface area contributed by atoms with E-state index in [-0.39, 0.29) is 11.3 Å². The molecule has 0 bridgehead atoms. The first-order valence-electron chi connectivity index (χ1n) is 6.40. The fraction of sp³-hybridized carbons (Fsp3) is 1.00. The van der Waals surface area contributed by atoms with Gasteiger partial charge in [0.2, 0.25) is 7.37 Å². The summed E-state index contributed by atoms with van der Waals surface area (Å²) in [5, 5.41) is 0. The van der Waals surface area contributed by atoms with E-state index in [2.05, 4.69) is 0 Å². The van der Waals surface area contributed by atoms with Gasteiger partial charge >= 0.3 is 0 Å². The molecule has 0 spiro atoms. The molecule has 0 aromatic rings. The van der Waals surface area contributed by atoms with Crippen LogP contribution in [0.15, 0.2) is 0 Å². The third-order valence-corrected chi connectivity index (χ3v) is 9.20. The summed E-state index contributed by atoms with van der Waals surface area (Å²) < 4.78 is 29.9. The van der Waals surface area contributed by atoms with Crippen LogP contribution in [-0.4, -0.2) is 18.0 Å². The summed E-state index contributed by atoms with van der Waals surface area (Å²) in [7, 11) is -4.69. The zero-order chi connectivity index (χ0) is 11.6. The lowest BCUT2D eigenvalue weighted by atomic mass is 10.4. The van der Waals surface area contributed by atoms with E-state index in [1.807, 2.05) is 0 Å². The molecule has 2 saturated carbocycles. The Morgan fingerprint density at radius 3 is 2.12 bits per heavy atom. The van der Waals surface area contributed by atoms with Gasteiger partial charge in [-0.15, -0.1) is 0 Å². The van der Waals surface area contributed by atoms with Gasteiger partial charge in [-0.2, -0.15) is 0 Å². The normalized spacial score (nSPS) is 29.3. The van der Waals surface area contributed by atoms with E-state index < -0.39 is 15.4 Å². The van der Waals surface area contributed by atoms with Crippen molar-refractivity contribution in [2.45, 2.75) is 62.7 Å². The van der Waals surface area contributed by atoms with Gasteiger partial charge in [0.15, 0.2) is 8.03 Å². The third kappa shape index (κ3) is 3.00. The first-order chi connectivity index (χ1) is 7.59. The molecule has 2 aliphatic rings. The molecule has 94 valence electrons. The van der Waals surface area contributed by atoms with Crippen molar-refractivity contribution < 1.29 is 13.4 Å². The number of hydrogen-bond acceptors (Lipinski definition) is 3. The van der Waals surface area contributed by atoms with E-state index in [4.69, 9.17) is 4.31 Å². The molecule has 0 aromatic heterocycles. The summed E-state index contributed by atoms with van der Waals surface area (Å²) >= 11 is 0. The summed E-state index contributed by atoms with van der Waals surface area (Å²) in [5.41, 5.74) is 0.391. The van der Waals surface area contributed by atoms with E-state index in [0.29, 0.717) is 0 Å². The molecule has 0 radical (unpaired) electrons. The minimum atomic E-state index is -2.62. The van der Waals surface area contributed by atoms with Crippen LogP contribution in [0.1, 0.15) is 51.4 Å². The Kier molecular flexibility index (Phi) is 4.32. The minimum absolute atomic E-state index is 0.183. The van der Waals surface area contributed by atoms with Crippen LogP contribution in [0.5, 0.6) is 0 Å². The highest BCUT2D eigenvalue weighted by atomic mass is 31.2. The average molecular weight is 264 g/mol. The van der Waals surface area contributed by atoms with Crippen LogP contribution >= 0.6 is 15.4 Å². The molecule has 0 heterocycles. The van der Waals surface area contributed by atoms with Gasteiger partial charge in [-0.25, -0.2) is 0 Å². The molecule has 5 heteroatoms. The summed E-state index contributed by atoms with van der Waals surface area (Å²) in [4.78, 5) is 0. The second-order valence-electron chi connectivity index (χ2n) is 5.24. The summed E-state index contributed by atoms with van der Waals surface area (Å²) in [6.07, 6.45) is 8.60. The van der Waals surface area contributed by atoms with E-state index in [1.54, 1.807) is 6.66 Å². The largest absolute Gasteiger partial charge is 0.296 e. The van der Waals surface area contributed by atoms with E-state index in [9.17, 15) is 9.13 Å². The molecular weight excluding hydrogens is 242 g/mol. The van der Waals surface area contributed by atoms with Gasteiger partial charge in [-0.05, 0) is 25.7 Å². The highest BCUT2D eigenvalue weighted by Gasteiger charge is 2.35. The smallest absolute Gasteiger partial charge is 0.208 e. The molecule has 0 amide bonds. The van der Waals surface area contributed by atoms with Gasteiger partial charge in [-0.3, -0.25) is 13.4 Å². The Balaban J connectivity index is 1.91. The van der Waals surface area contributed by atoms with Gasteiger partial charge in [0.05, 0.1) is 0 Å². The van der Waals surface area contributed by atoms with Gasteiger partial charge in [0.25, 0.3) is 0 Å². The fourth-order valence-corrected chi connectivity index (χ4v) is 7.67. The fourth-order valence-electron chi connectivity index (χ4n) is 2.86. The number of hydrogen-bond donors (Lipinski definition) is 0. The predicted octanol–water partition coefficient (Wildman–Crippen LogP) is 4.27. The second kappa shape index (κ2) is 5.38. The van der Waals surface area contributed by atoms with Gasteiger partial charge in [0.1, 0.15) is 0 Å². The summed E-state index contributed by atoms with van der Waals surface area (Å²) in [6.45, 7) is 1.69. The van der Waals surface area contributed by atoms with Crippen molar-refractivity contribution >= 4 is 15.4 Å². The van der Waals surface area contributed by atoms with Crippen molar-refractivity contribution in [1.82, 2.24) is 0 Å². The standard InChI is InChI=1S/C11H22O3P2/c1-16(13,11-8-4-5-9-11)14-15(12)10-6-2-3-7-10/h10-11,15H,2-9H2,1H3. The maximum absolute atomic E-state index is 12.4. The van der Waals surface area contributed by atoms with Crippen molar-refractivity contribution in [1.29, 1.82) is 0 Å². The van der Waals surface area contributed by atoms with Crippen LogP contribution < -0.4 is 0 Å². The lowest BCUT2D eigenvalue weighted by Crippen LogP contribution is -2.04. The topological polar surface area (TPSA) is 43.4 Å². The van der Waals surface area contributed by atoms with Crippen LogP contribution in [-0.2, 0) is 13.4 Å². The highest BCUT2D eigenvalue weighted by molar-refractivity contribution is 7.65. The summed E-state index contributed by atoms with van der Waals surface area (Å²) in [6, 6.07) is 0. The van der Waals surface area contributed by atoms with E-state index >= 15 is 0 Å². The average Bonchev–Trinajstić information content (AvgIpc) is 2.91.